The first-order chi connectivity index (χ1) is 15.3. The predicted octanol–water partition coefficient (Wildman–Crippen LogP) is 5.05. The van der Waals surface area contributed by atoms with Gasteiger partial charge in [-0.15, -0.1) is 0 Å². The van der Waals surface area contributed by atoms with Gasteiger partial charge < -0.3 is 9.84 Å². The minimum Gasteiger partial charge on any atom is -0.481 e. The van der Waals surface area contributed by atoms with Crippen LogP contribution in [0.1, 0.15) is 42.1 Å². The molecule has 2 aromatic carbocycles. The Labute approximate surface area is 185 Å². The van der Waals surface area contributed by atoms with Crippen LogP contribution < -0.4 is 4.74 Å². The van der Waals surface area contributed by atoms with Gasteiger partial charge in [0.2, 0.25) is 0 Å². The second kappa shape index (κ2) is 8.78. The molecule has 32 heavy (non-hydrogen) atoms. The largest absolute Gasteiger partial charge is 0.481 e. The summed E-state index contributed by atoms with van der Waals surface area (Å²) >= 11 is 0. The molecule has 0 radical (unpaired) electrons. The third kappa shape index (κ3) is 4.19. The summed E-state index contributed by atoms with van der Waals surface area (Å²) in [5.74, 6) is -1.15. The molecular weight excluding hydrogens is 409 g/mol. The van der Waals surface area contributed by atoms with Crippen molar-refractivity contribution in [2.24, 2.45) is 0 Å². The van der Waals surface area contributed by atoms with E-state index in [4.69, 9.17) is 9.84 Å². The lowest BCUT2D eigenvalue weighted by atomic mass is 9.91. The lowest BCUT2D eigenvalue weighted by molar-refractivity contribution is -0.139. The van der Waals surface area contributed by atoms with E-state index in [-0.39, 0.29) is 11.4 Å². The van der Waals surface area contributed by atoms with Crippen molar-refractivity contribution >= 4 is 16.9 Å². The van der Waals surface area contributed by atoms with Crippen LogP contribution in [0.5, 0.6) is 5.75 Å². The van der Waals surface area contributed by atoms with Crippen molar-refractivity contribution in [3.05, 3.63) is 83.1 Å². The summed E-state index contributed by atoms with van der Waals surface area (Å²) in [6, 6.07) is 12.7. The van der Waals surface area contributed by atoms with E-state index in [1.54, 1.807) is 10.9 Å². The highest BCUT2D eigenvalue weighted by Crippen LogP contribution is 2.35. The first-order valence-corrected chi connectivity index (χ1v) is 10.4. The van der Waals surface area contributed by atoms with Gasteiger partial charge in [0.25, 0.3) is 0 Å². The van der Waals surface area contributed by atoms with Crippen molar-refractivity contribution in [3.63, 3.8) is 0 Å². The number of fused-ring (bicyclic) bond motifs is 1. The number of benzene rings is 2. The molecular formula is C25H24FN3O3. The minimum absolute atomic E-state index is 0.0828. The van der Waals surface area contributed by atoms with E-state index < -0.39 is 18.4 Å². The van der Waals surface area contributed by atoms with Crippen LogP contribution >= 0.6 is 0 Å². The molecule has 4 rings (SSSR count). The molecule has 0 saturated heterocycles. The first kappa shape index (κ1) is 21.5. The molecule has 7 heteroatoms. The van der Waals surface area contributed by atoms with Gasteiger partial charge in [-0.3, -0.25) is 0 Å². The Morgan fingerprint density at radius 3 is 2.56 bits per heavy atom. The van der Waals surface area contributed by atoms with E-state index in [1.165, 1.54) is 12.1 Å². The lowest BCUT2D eigenvalue weighted by Gasteiger charge is -2.19. The number of hydrogen-bond donors (Lipinski definition) is 1. The summed E-state index contributed by atoms with van der Waals surface area (Å²) in [5, 5.41) is 13.8. The summed E-state index contributed by atoms with van der Waals surface area (Å²) in [6.45, 7) is 5.47. The molecule has 0 aliphatic heterocycles. The maximum Gasteiger partial charge on any atom is 0.341 e. The molecule has 164 valence electrons. The van der Waals surface area contributed by atoms with Crippen LogP contribution in [0.25, 0.3) is 16.6 Å². The number of carbonyl (C=O) groups is 1. The van der Waals surface area contributed by atoms with Gasteiger partial charge in [0.15, 0.2) is 6.61 Å². The summed E-state index contributed by atoms with van der Waals surface area (Å²) in [4.78, 5) is 15.7. The first-order valence-electron chi connectivity index (χ1n) is 10.4. The van der Waals surface area contributed by atoms with Gasteiger partial charge in [0.1, 0.15) is 17.1 Å². The van der Waals surface area contributed by atoms with Crippen LogP contribution in [0.2, 0.25) is 0 Å². The fraction of sp³-hybridized carbons (Fsp3) is 0.240. The average Bonchev–Trinajstić information content (AvgIpc) is 3.30. The SMILES string of the molecule is Cc1c(Cc2ccc(-n3cccn3)cc2)c(C(C)C)nc2c(F)ccc(OCC(=O)O)c12. The van der Waals surface area contributed by atoms with Gasteiger partial charge in [-0.2, -0.15) is 5.10 Å². The van der Waals surface area contributed by atoms with Gasteiger partial charge in [-0.1, -0.05) is 26.0 Å². The third-order valence-electron chi connectivity index (χ3n) is 5.44. The summed E-state index contributed by atoms with van der Waals surface area (Å²) in [6.07, 6.45) is 4.23. The van der Waals surface area contributed by atoms with Gasteiger partial charge in [-0.05, 0) is 66.3 Å². The van der Waals surface area contributed by atoms with Gasteiger partial charge >= 0.3 is 5.97 Å². The summed E-state index contributed by atoms with van der Waals surface area (Å²) in [5.41, 5.74) is 4.89. The van der Waals surface area contributed by atoms with Gasteiger partial charge in [-0.25, -0.2) is 18.9 Å². The molecule has 0 unspecified atom stereocenters. The highest BCUT2D eigenvalue weighted by molar-refractivity contribution is 5.90. The van der Waals surface area contributed by atoms with E-state index in [2.05, 4.69) is 10.1 Å². The molecule has 4 aromatic rings. The van der Waals surface area contributed by atoms with Crippen LogP contribution in [-0.4, -0.2) is 32.4 Å². The number of pyridine rings is 1. The normalized spacial score (nSPS) is 11.3. The van der Waals surface area contributed by atoms with E-state index >= 15 is 0 Å². The van der Waals surface area contributed by atoms with E-state index in [0.29, 0.717) is 17.6 Å². The molecule has 0 fully saturated rings. The maximum absolute atomic E-state index is 14.7. The fourth-order valence-electron chi connectivity index (χ4n) is 3.90. The maximum atomic E-state index is 14.7. The van der Waals surface area contributed by atoms with Crippen molar-refractivity contribution in [2.75, 3.05) is 6.61 Å². The van der Waals surface area contributed by atoms with Crippen LogP contribution in [0, 0.1) is 12.7 Å². The van der Waals surface area contributed by atoms with Crippen LogP contribution in [-0.2, 0) is 11.2 Å². The second-order valence-corrected chi connectivity index (χ2v) is 8.00. The van der Waals surface area contributed by atoms with Gasteiger partial charge in [0, 0.05) is 23.5 Å². The number of carboxylic acid groups (broad SMARTS) is 1. The number of aromatic nitrogens is 3. The summed E-state index contributed by atoms with van der Waals surface area (Å²) < 4.78 is 21.9. The molecule has 0 bridgehead atoms. The quantitative estimate of drug-likeness (QED) is 0.442. The average molecular weight is 433 g/mol. The Morgan fingerprint density at radius 2 is 1.94 bits per heavy atom. The predicted molar refractivity (Wildman–Crippen MR) is 120 cm³/mol. The second-order valence-electron chi connectivity index (χ2n) is 8.00. The van der Waals surface area contributed by atoms with Crippen LogP contribution in [0.15, 0.2) is 54.9 Å². The monoisotopic (exact) mass is 433 g/mol. The fourth-order valence-corrected chi connectivity index (χ4v) is 3.90. The Kier molecular flexibility index (Phi) is 5.90. The molecule has 0 atom stereocenters. The van der Waals surface area contributed by atoms with Crippen LogP contribution in [0.4, 0.5) is 4.39 Å². The Morgan fingerprint density at radius 1 is 1.19 bits per heavy atom. The van der Waals surface area contributed by atoms with E-state index in [9.17, 15) is 9.18 Å². The van der Waals surface area contributed by atoms with Crippen molar-refractivity contribution < 1.29 is 19.0 Å². The highest BCUT2D eigenvalue weighted by Gasteiger charge is 2.20. The zero-order valence-electron chi connectivity index (χ0n) is 18.2. The molecule has 0 aliphatic rings. The van der Waals surface area contributed by atoms with E-state index in [0.717, 1.165) is 28.1 Å². The Hall–Kier alpha value is -3.74. The number of aryl methyl sites for hydroxylation is 1. The Balaban J connectivity index is 1.80. The molecule has 0 saturated carbocycles. The molecule has 0 amide bonds. The molecule has 0 spiro atoms. The highest BCUT2D eigenvalue weighted by atomic mass is 19.1. The van der Waals surface area contributed by atoms with Crippen molar-refractivity contribution in [1.29, 1.82) is 0 Å². The topological polar surface area (TPSA) is 77.2 Å². The van der Waals surface area contributed by atoms with E-state index in [1.807, 2.05) is 57.3 Å². The van der Waals surface area contributed by atoms with Crippen molar-refractivity contribution in [1.82, 2.24) is 14.8 Å². The van der Waals surface area contributed by atoms with Crippen LogP contribution in [0.3, 0.4) is 0 Å². The molecule has 2 heterocycles. The molecule has 1 N–H and O–H groups in total. The smallest absolute Gasteiger partial charge is 0.341 e. The number of carboxylic acids is 1. The van der Waals surface area contributed by atoms with Crippen molar-refractivity contribution in [3.8, 4) is 11.4 Å². The minimum atomic E-state index is -1.09. The number of nitrogens with zero attached hydrogens (tertiary/aromatic N) is 3. The zero-order valence-corrected chi connectivity index (χ0v) is 18.2. The standard InChI is InChI=1S/C25H24FN3O3/c1-15(2)24-19(13-17-5-7-18(8-6-17)29-12-4-11-27-29)16(3)23-21(32-14-22(30)31)10-9-20(26)25(23)28-24/h4-12,15H,13-14H2,1-3H3,(H,30,31). The number of rotatable bonds is 7. The van der Waals surface area contributed by atoms with Crippen molar-refractivity contribution in [2.45, 2.75) is 33.1 Å². The Bertz CT molecular complexity index is 1270. The third-order valence-corrected chi connectivity index (χ3v) is 5.44. The number of halogens is 1. The molecule has 0 aliphatic carbocycles. The molecule has 6 nitrogen and oxygen atoms in total. The number of ether oxygens (including phenoxy) is 1. The van der Waals surface area contributed by atoms with Gasteiger partial charge in [0.05, 0.1) is 5.69 Å². The molecule has 2 aromatic heterocycles. The number of hydrogen-bond acceptors (Lipinski definition) is 4. The zero-order chi connectivity index (χ0) is 22.8. The summed E-state index contributed by atoms with van der Waals surface area (Å²) in [7, 11) is 0. The number of aliphatic carboxylic acids is 1. The lowest BCUT2D eigenvalue weighted by Crippen LogP contribution is -2.11.